The minimum Gasteiger partial charge on any atom is -0.0923 e. The number of hydrogen-bond acceptors (Lipinski definition) is 1. The maximum Gasteiger partial charge on any atom is 0 e. The average molecular weight is 196 g/mol. The summed E-state index contributed by atoms with van der Waals surface area (Å²) in [6.07, 6.45) is 4.03. The number of hydrogen-bond donors (Lipinski definition) is 0. The Morgan fingerprint density at radius 2 is 1.50 bits per heavy atom. The third kappa shape index (κ3) is 4.18. The average Bonchev–Trinajstić information content (AvgIpc) is 1.86. The molecule has 0 unspecified atom stereocenters. The summed E-state index contributed by atoms with van der Waals surface area (Å²) in [4.78, 5) is 0. The summed E-state index contributed by atoms with van der Waals surface area (Å²) in [7, 11) is 0. The van der Waals surface area contributed by atoms with Gasteiger partial charge in [0.25, 0.3) is 0 Å². The molecule has 0 aromatic heterocycles. The van der Waals surface area contributed by atoms with Crippen molar-refractivity contribution in [1.29, 1.82) is 0 Å². The Hall–Kier alpha value is 1.27. The number of rotatable bonds is 0. The number of allylic oxidation sites excluding steroid dienone is 2. The van der Waals surface area contributed by atoms with E-state index in [9.17, 15) is 0 Å². The van der Waals surface area contributed by atoms with Crippen molar-refractivity contribution in [3.05, 3.63) is 23.8 Å². The molecular formula is C4H5GeLiPS. The van der Waals surface area contributed by atoms with Crippen molar-refractivity contribution in [3.8, 4) is 0 Å². The van der Waals surface area contributed by atoms with Crippen LogP contribution in [0.5, 0.6) is 0 Å². The topological polar surface area (TPSA) is 0 Å². The van der Waals surface area contributed by atoms with Gasteiger partial charge in [0.1, 0.15) is 0 Å². The van der Waals surface area contributed by atoms with E-state index in [2.05, 4.69) is 11.6 Å². The minimum atomic E-state index is -0.535. The molecule has 0 saturated heterocycles. The summed E-state index contributed by atoms with van der Waals surface area (Å²) in [5.41, 5.74) is 0. The quantitative estimate of drug-likeness (QED) is 0.410. The fourth-order valence-corrected chi connectivity index (χ4v) is 1.54. The zero-order chi connectivity index (χ0) is 4.41. The van der Waals surface area contributed by atoms with Gasteiger partial charge in [0.2, 0.25) is 0 Å². The van der Waals surface area contributed by atoms with Gasteiger partial charge in [0.15, 0.2) is 0 Å². The Morgan fingerprint density at radius 1 is 1.12 bits per heavy atom. The summed E-state index contributed by atoms with van der Waals surface area (Å²) >= 11 is 4.93. The van der Waals surface area contributed by atoms with Crippen LogP contribution >= 0.6 is 6.70 Å². The van der Waals surface area contributed by atoms with Crippen molar-refractivity contribution in [2.45, 2.75) is 0 Å². The smallest absolute Gasteiger partial charge is 0 e. The molecule has 1 aliphatic rings. The van der Waals surface area contributed by atoms with Crippen LogP contribution in [-0.2, 0) is 11.8 Å². The molecule has 0 aromatic rings. The van der Waals surface area contributed by atoms with Crippen molar-refractivity contribution < 1.29 is 0 Å². The maximum atomic E-state index is 4.93. The Labute approximate surface area is 78.4 Å². The molecule has 0 bridgehead atoms. The summed E-state index contributed by atoms with van der Waals surface area (Å²) < 4.78 is 0. The first-order valence-corrected chi connectivity index (χ1v) is 4.57. The van der Waals surface area contributed by atoms with Crippen LogP contribution in [0, 0.1) is 0 Å². The zero-order valence-electron chi connectivity index (χ0n) is 4.72. The molecule has 1 heterocycles. The first kappa shape index (κ1) is 12.0. The van der Waals surface area contributed by atoms with E-state index in [0.29, 0.717) is 0 Å². The predicted molar refractivity (Wildman–Crippen MR) is 45.5 cm³/mol. The molecule has 0 aliphatic carbocycles. The SMILES string of the molecule is S=[PH]1C=CC=C1.[Ge].[Li]. The fraction of sp³-hybridized carbons (Fsp3) is 0. The molecule has 37 valence electrons. The van der Waals surface area contributed by atoms with E-state index in [4.69, 9.17) is 11.8 Å². The second kappa shape index (κ2) is 6.39. The normalized spacial score (nSPS) is 15.0. The van der Waals surface area contributed by atoms with Crippen molar-refractivity contribution in [3.63, 3.8) is 0 Å². The molecule has 4 heteroatoms. The van der Waals surface area contributed by atoms with Gasteiger partial charge in [-0.25, -0.2) is 0 Å². The van der Waals surface area contributed by atoms with Gasteiger partial charge in [0.05, 0.1) is 0 Å². The van der Waals surface area contributed by atoms with Crippen molar-refractivity contribution in [2.75, 3.05) is 0 Å². The van der Waals surface area contributed by atoms with Crippen LogP contribution in [0.4, 0.5) is 0 Å². The monoisotopic (exact) mass is 197 g/mol. The molecule has 8 heavy (non-hydrogen) atoms. The van der Waals surface area contributed by atoms with E-state index in [1.807, 2.05) is 12.2 Å². The van der Waals surface area contributed by atoms with Crippen molar-refractivity contribution in [2.24, 2.45) is 0 Å². The van der Waals surface area contributed by atoms with Crippen LogP contribution < -0.4 is 0 Å². The van der Waals surface area contributed by atoms with Crippen molar-refractivity contribution in [1.82, 2.24) is 0 Å². The van der Waals surface area contributed by atoms with Crippen LogP contribution in [0.15, 0.2) is 23.8 Å². The molecule has 0 saturated carbocycles. The van der Waals surface area contributed by atoms with Gasteiger partial charge in [-0.05, 0) is 18.3 Å². The third-order valence-electron chi connectivity index (χ3n) is 0.632. The van der Waals surface area contributed by atoms with E-state index >= 15 is 0 Å². The molecule has 1 aliphatic heterocycles. The first-order valence-electron chi connectivity index (χ1n) is 1.78. The maximum absolute atomic E-state index is 4.93. The Morgan fingerprint density at radius 3 is 1.62 bits per heavy atom. The van der Waals surface area contributed by atoms with Gasteiger partial charge in [0, 0.05) is 36.5 Å². The van der Waals surface area contributed by atoms with Gasteiger partial charge >= 0.3 is 0 Å². The molecule has 0 amide bonds. The van der Waals surface area contributed by atoms with Crippen LogP contribution in [0.25, 0.3) is 0 Å². The second-order valence-corrected chi connectivity index (χ2v) is 4.01. The summed E-state index contributed by atoms with van der Waals surface area (Å²) in [5.74, 6) is 4.17. The molecule has 0 spiro atoms. The Kier molecular flexibility index (Phi) is 9.58. The van der Waals surface area contributed by atoms with Gasteiger partial charge in [-0.15, -0.1) is 0 Å². The standard InChI is InChI=1S/C4H5PS.Ge.Li/c6-5-3-1-2-4-5;;/h1-5H;;. The predicted octanol–water partition coefficient (Wildman–Crippen LogP) is 0.942. The third-order valence-corrected chi connectivity index (χ3v) is 2.49. The van der Waals surface area contributed by atoms with E-state index in [0.717, 1.165) is 0 Å². The zero-order valence-corrected chi connectivity index (χ0v) is 8.63. The second-order valence-electron chi connectivity index (χ2n) is 1.12. The van der Waals surface area contributed by atoms with E-state index < -0.39 is 6.70 Å². The summed E-state index contributed by atoms with van der Waals surface area (Å²) in [5, 5.41) is 0. The van der Waals surface area contributed by atoms with E-state index in [1.54, 1.807) is 0 Å². The molecule has 5 radical (unpaired) electrons. The van der Waals surface area contributed by atoms with Gasteiger partial charge in [-0.3, -0.25) is 0 Å². The van der Waals surface area contributed by atoms with Crippen molar-refractivity contribution >= 4 is 55.0 Å². The molecule has 0 atom stereocenters. The van der Waals surface area contributed by atoms with Gasteiger partial charge < -0.3 is 0 Å². The molecule has 0 aromatic carbocycles. The Balaban J connectivity index is 0. The molecule has 0 fully saturated rings. The van der Waals surface area contributed by atoms with E-state index in [1.165, 1.54) is 0 Å². The molecule has 1 rings (SSSR count). The molecular weight excluding hydrogens is 191 g/mol. The fourth-order valence-electron chi connectivity index (χ4n) is 0.356. The summed E-state index contributed by atoms with van der Waals surface area (Å²) in [6, 6.07) is 0. The van der Waals surface area contributed by atoms with Crippen LogP contribution in [-0.4, -0.2) is 36.5 Å². The van der Waals surface area contributed by atoms with Gasteiger partial charge in [-0.2, -0.15) is 0 Å². The Bertz CT molecular complexity index is 118. The van der Waals surface area contributed by atoms with Crippen LogP contribution in [0.3, 0.4) is 0 Å². The largest absolute Gasteiger partial charge is 0.0923 e. The van der Waals surface area contributed by atoms with Gasteiger partial charge in [-0.1, -0.05) is 24.0 Å². The molecule has 0 nitrogen and oxygen atoms in total. The molecule has 0 N–H and O–H groups in total. The van der Waals surface area contributed by atoms with E-state index in [-0.39, 0.29) is 36.5 Å². The van der Waals surface area contributed by atoms with Crippen LogP contribution in [0.1, 0.15) is 0 Å². The first-order chi connectivity index (χ1) is 2.89. The minimum absolute atomic E-state index is 0. The summed E-state index contributed by atoms with van der Waals surface area (Å²) in [6.45, 7) is -0.535. The van der Waals surface area contributed by atoms with Crippen LogP contribution in [0.2, 0.25) is 0 Å².